The molecule has 1 saturated heterocycles. The van der Waals surface area contributed by atoms with Crippen LogP contribution in [0.25, 0.3) is 0 Å². The molecule has 30 heavy (non-hydrogen) atoms. The maximum atomic E-state index is 14.5. The number of halogens is 2. The molecule has 1 aromatic heterocycles. The Labute approximate surface area is 189 Å². The molecule has 1 N–H and O–H groups in total. The number of nitrogens with one attached hydrogen (secondary N) is 1. The highest BCUT2D eigenvalue weighted by Crippen LogP contribution is 2.35. The van der Waals surface area contributed by atoms with Gasteiger partial charge in [0.25, 0.3) is 0 Å². The van der Waals surface area contributed by atoms with Gasteiger partial charge in [0.2, 0.25) is 0 Å². The van der Waals surface area contributed by atoms with E-state index in [9.17, 15) is 4.39 Å². The minimum atomic E-state index is -0.364. The topological polar surface area (TPSA) is 37.4 Å². The predicted molar refractivity (Wildman–Crippen MR) is 123 cm³/mol. The van der Waals surface area contributed by atoms with Crippen LogP contribution in [-0.2, 0) is 0 Å². The van der Waals surface area contributed by atoms with E-state index >= 15 is 0 Å². The van der Waals surface area contributed by atoms with Gasteiger partial charge in [0.1, 0.15) is 23.5 Å². The molecule has 8 heteroatoms. The van der Waals surface area contributed by atoms with Gasteiger partial charge in [0, 0.05) is 30.6 Å². The van der Waals surface area contributed by atoms with Crippen molar-refractivity contribution in [2.75, 3.05) is 17.8 Å². The minimum absolute atomic E-state index is 0.0350. The van der Waals surface area contributed by atoms with Crippen molar-refractivity contribution >= 4 is 40.7 Å². The van der Waals surface area contributed by atoms with E-state index in [0.717, 1.165) is 37.9 Å². The van der Waals surface area contributed by atoms with E-state index in [-0.39, 0.29) is 11.9 Å². The van der Waals surface area contributed by atoms with Crippen molar-refractivity contribution in [1.82, 2.24) is 9.88 Å². The standard InChI is InChI=1S/C22H23ClFN3OS2/c1-15(16-5-3-2-4-6-16)27-9-7-17(8-10-27)28-20-12-19(24)21(11-18(20)23)30-26-22-13-29-14-25-22/h2-6,11-15,17,26H,7-10H2,1H3. The van der Waals surface area contributed by atoms with Crippen molar-refractivity contribution in [3.05, 3.63) is 69.8 Å². The average Bonchev–Trinajstić information content (AvgIpc) is 3.29. The van der Waals surface area contributed by atoms with Crippen molar-refractivity contribution in [2.24, 2.45) is 0 Å². The number of ether oxygens (including phenoxy) is 1. The first-order valence-corrected chi connectivity index (χ1v) is 12.0. The molecule has 1 unspecified atom stereocenters. The number of aromatic nitrogens is 1. The Hall–Kier alpha value is -1.80. The van der Waals surface area contributed by atoms with Gasteiger partial charge < -0.3 is 9.46 Å². The van der Waals surface area contributed by atoms with Crippen molar-refractivity contribution < 1.29 is 9.13 Å². The fraction of sp³-hybridized carbons (Fsp3) is 0.318. The lowest BCUT2D eigenvalue weighted by molar-refractivity contribution is 0.0795. The van der Waals surface area contributed by atoms with E-state index in [0.29, 0.717) is 27.5 Å². The summed E-state index contributed by atoms with van der Waals surface area (Å²) in [6, 6.07) is 13.9. The van der Waals surface area contributed by atoms with Crippen LogP contribution in [0.15, 0.2) is 58.3 Å². The van der Waals surface area contributed by atoms with Gasteiger partial charge in [0.05, 0.1) is 15.4 Å². The number of benzene rings is 2. The summed E-state index contributed by atoms with van der Waals surface area (Å²) in [4.78, 5) is 6.99. The van der Waals surface area contributed by atoms with Gasteiger partial charge in [0.15, 0.2) is 0 Å². The van der Waals surface area contributed by atoms with E-state index in [1.807, 2.05) is 11.4 Å². The maximum Gasteiger partial charge on any atom is 0.147 e. The van der Waals surface area contributed by atoms with Crippen LogP contribution in [0.1, 0.15) is 31.4 Å². The third kappa shape index (κ3) is 5.27. The Morgan fingerprint density at radius 2 is 2.03 bits per heavy atom. The van der Waals surface area contributed by atoms with Gasteiger partial charge in [-0.15, -0.1) is 11.3 Å². The number of likely N-dealkylation sites (tertiary alicyclic amines) is 1. The van der Waals surface area contributed by atoms with Crippen molar-refractivity contribution in [3.63, 3.8) is 0 Å². The average molecular weight is 464 g/mol. The number of thiazole rings is 1. The first-order chi connectivity index (χ1) is 14.6. The molecule has 0 spiro atoms. The second-order valence-corrected chi connectivity index (χ2v) is 9.20. The second-order valence-electron chi connectivity index (χ2n) is 7.23. The SMILES string of the molecule is CC(c1ccccc1)N1CCC(Oc2cc(F)c(SNc3cscn3)cc2Cl)CC1. The fourth-order valence-corrected chi connectivity index (χ4v) is 5.04. The maximum absolute atomic E-state index is 14.5. The normalized spacial score (nSPS) is 16.4. The smallest absolute Gasteiger partial charge is 0.147 e. The summed E-state index contributed by atoms with van der Waals surface area (Å²) in [5.74, 6) is 0.733. The largest absolute Gasteiger partial charge is 0.489 e. The Balaban J connectivity index is 1.33. The summed E-state index contributed by atoms with van der Waals surface area (Å²) < 4.78 is 23.6. The third-order valence-electron chi connectivity index (χ3n) is 5.28. The molecule has 0 saturated carbocycles. The quantitative estimate of drug-likeness (QED) is 0.396. The molecule has 4 rings (SSSR count). The molecular formula is C22H23ClFN3OS2. The zero-order chi connectivity index (χ0) is 20.9. The summed E-state index contributed by atoms with van der Waals surface area (Å²) in [6.07, 6.45) is 1.81. The highest BCUT2D eigenvalue weighted by Gasteiger charge is 2.25. The van der Waals surface area contributed by atoms with Gasteiger partial charge >= 0.3 is 0 Å². The van der Waals surface area contributed by atoms with Crippen LogP contribution in [0.2, 0.25) is 5.02 Å². The molecule has 4 nitrogen and oxygen atoms in total. The van der Waals surface area contributed by atoms with Crippen molar-refractivity contribution in [2.45, 2.75) is 36.8 Å². The summed E-state index contributed by atoms with van der Waals surface area (Å²) >= 11 is 9.01. The van der Waals surface area contributed by atoms with Crippen LogP contribution >= 0.6 is 34.9 Å². The molecule has 3 aromatic rings. The first-order valence-electron chi connectivity index (χ1n) is 9.86. The second kappa shape index (κ2) is 10.0. The van der Waals surface area contributed by atoms with Gasteiger partial charge in [-0.1, -0.05) is 41.9 Å². The van der Waals surface area contributed by atoms with Crippen LogP contribution < -0.4 is 9.46 Å². The molecule has 1 aliphatic heterocycles. The van der Waals surface area contributed by atoms with Crippen LogP contribution in [0, 0.1) is 5.82 Å². The zero-order valence-corrected chi connectivity index (χ0v) is 18.9. The third-order valence-corrected chi connectivity index (χ3v) is 7.01. The molecule has 1 aliphatic rings. The summed E-state index contributed by atoms with van der Waals surface area (Å²) in [7, 11) is 0. The highest BCUT2D eigenvalue weighted by molar-refractivity contribution is 8.00. The Kier molecular flexibility index (Phi) is 7.15. The van der Waals surface area contributed by atoms with E-state index < -0.39 is 0 Å². The van der Waals surface area contributed by atoms with Crippen molar-refractivity contribution in [3.8, 4) is 5.75 Å². The molecule has 1 atom stereocenters. The Morgan fingerprint density at radius 1 is 1.27 bits per heavy atom. The molecule has 0 bridgehead atoms. The molecular weight excluding hydrogens is 441 g/mol. The molecule has 1 fully saturated rings. The summed E-state index contributed by atoms with van der Waals surface area (Å²) in [6.45, 7) is 4.11. The molecule has 158 valence electrons. The fourth-order valence-electron chi connectivity index (χ4n) is 3.55. The Morgan fingerprint density at radius 3 is 2.73 bits per heavy atom. The van der Waals surface area contributed by atoms with Crippen LogP contribution in [0.5, 0.6) is 5.75 Å². The molecule has 2 aromatic carbocycles. The zero-order valence-electron chi connectivity index (χ0n) is 16.6. The number of rotatable bonds is 7. The van der Waals surface area contributed by atoms with Crippen LogP contribution in [0.3, 0.4) is 0 Å². The van der Waals surface area contributed by atoms with E-state index in [1.165, 1.54) is 23.0 Å². The van der Waals surface area contributed by atoms with Crippen LogP contribution in [-0.4, -0.2) is 29.1 Å². The lowest BCUT2D eigenvalue weighted by Gasteiger charge is -2.36. The summed E-state index contributed by atoms with van der Waals surface area (Å²) in [5, 5.41) is 2.27. The van der Waals surface area contributed by atoms with E-state index in [2.05, 4.69) is 45.8 Å². The first kappa shape index (κ1) is 21.4. The van der Waals surface area contributed by atoms with Crippen molar-refractivity contribution in [1.29, 1.82) is 0 Å². The molecule has 0 radical (unpaired) electrons. The van der Waals surface area contributed by atoms with E-state index in [1.54, 1.807) is 11.6 Å². The number of nitrogens with zero attached hydrogens (tertiary/aromatic N) is 2. The number of hydrogen-bond acceptors (Lipinski definition) is 6. The predicted octanol–water partition coefficient (Wildman–Crippen LogP) is 6.66. The Bertz CT molecular complexity index is 951. The molecule has 0 amide bonds. The number of hydrogen-bond donors (Lipinski definition) is 1. The molecule has 2 heterocycles. The lowest BCUT2D eigenvalue weighted by atomic mass is 10.0. The summed E-state index contributed by atoms with van der Waals surface area (Å²) in [5.41, 5.74) is 3.04. The van der Waals surface area contributed by atoms with Gasteiger partial charge in [-0.2, -0.15) is 0 Å². The highest BCUT2D eigenvalue weighted by atomic mass is 35.5. The van der Waals surface area contributed by atoms with E-state index in [4.69, 9.17) is 16.3 Å². The van der Waals surface area contributed by atoms with Crippen LogP contribution in [0.4, 0.5) is 10.2 Å². The molecule has 0 aliphatic carbocycles. The van der Waals surface area contributed by atoms with Gasteiger partial charge in [-0.05, 0) is 43.3 Å². The minimum Gasteiger partial charge on any atom is -0.489 e. The monoisotopic (exact) mass is 463 g/mol. The number of anilines is 1. The lowest BCUT2D eigenvalue weighted by Crippen LogP contribution is -2.39. The number of piperidine rings is 1. The van der Waals surface area contributed by atoms with Gasteiger partial charge in [-0.25, -0.2) is 9.37 Å². The van der Waals surface area contributed by atoms with Gasteiger partial charge in [-0.3, -0.25) is 4.90 Å².